The zero-order chi connectivity index (χ0) is 25.2. The Hall–Kier alpha value is -3.81. The zero-order valence-electron chi connectivity index (χ0n) is 18.5. The van der Waals surface area contributed by atoms with Crippen LogP contribution in [0.25, 0.3) is 10.2 Å². The molecule has 35 heavy (non-hydrogen) atoms. The summed E-state index contributed by atoms with van der Waals surface area (Å²) in [5.41, 5.74) is 6.57. The van der Waals surface area contributed by atoms with Gasteiger partial charge >= 0.3 is 18.4 Å². The van der Waals surface area contributed by atoms with Gasteiger partial charge in [0.05, 0.1) is 17.6 Å². The van der Waals surface area contributed by atoms with Crippen LogP contribution in [0.5, 0.6) is 5.75 Å². The fourth-order valence-corrected chi connectivity index (χ4v) is 4.50. The standard InChI is InChI=1S/C21H21F3N6O4S/c1-2-33-18(31)14-11-35-17-15(14)16(27-19(25)28-17)29-7-9-30(10-8-29)20(32)26-12-3-5-13(6-4-12)34-21(22,23)24/h3-6,11H,2,7-10H2,1H3,(H,26,32)(H2,25,27,28). The van der Waals surface area contributed by atoms with Crippen LogP contribution in [0.15, 0.2) is 29.6 Å². The molecule has 10 nitrogen and oxygen atoms in total. The number of nitrogens with one attached hydrogen (secondary N) is 1. The van der Waals surface area contributed by atoms with Gasteiger partial charge in [0.2, 0.25) is 5.95 Å². The van der Waals surface area contributed by atoms with E-state index in [0.717, 1.165) is 12.1 Å². The van der Waals surface area contributed by atoms with Crippen LogP contribution in [0.3, 0.4) is 0 Å². The third-order valence-electron chi connectivity index (χ3n) is 5.13. The molecule has 2 aromatic heterocycles. The number of nitrogens with zero attached hydrogens (tertiary/aromatic N) is 4. The highest BCUT2D eigenvalue weighted by Crippen LogP contribution is 2.34. The summed E-state index contributed by atoms with van der Waals surface area (Å²) in [7, 11) is 0. The van der Waals surface area contributed by atoms with Gasteiger partial charge in [-0.1, -0.05) is 0 Å². The van der Waals surface area contributed by atoms with E-state index in [0.29, 0.717) is 53.5 Å². The van der Waals surface area contributed by atoms with Gasteiger partial charge in [0.1, 0.15) is 16.4 Å². The number of thiophene rings is 1. The Morgan fingerprint density at radius 1 is 1.14 bits per heavy atom. The molecule has 0 unspecified atom stereocenters. The number of esters is 1. The van der Waals surface area contributed by atoms with Crippen LogP contribution < -0.4 is 20.7 Å². The Morgan fingerprint density at radius 2 is 1.83 bits per heavy atom. The van der Waals surface area contributed by atoms with Crippen LogP contribution in [-0.4, -0.2) is 66.0 Å². The van der Waals surface area contributed by atoms with Crippen molar-refractivity contribution in [3.63, 3.8) is 0 Å². The molecule has 2 amide bonds. The number of nitrogen functional groups attached to an aromatic ring is 1. The molecule has 14 heteroatoms. The first-order valence-electron chi connectivity index (χ1n) is 10.5. The van der Waals surface area contributed by atoms with Crippen LogP contribution >= 0.6 is 11.3 Å². The summed E-state index contributed by atoms with van der Waals surface area (Å²) >= 11 is 1.27. The molecule has 1 aliphatic heterocycles. The van der Waals surface area contributed by atoms with Gasteiger partial charge in [0, 0.05) is 37.2 Å². The first-order chi connectivity index (χ1) is 16.6. The van der Waals surface area contributed by atoms with Crippen molar-refractivity contribution in [1.82, 2.24) is 14.9 Å². The molecule has 3 heterocycles. The van der Waals surface area contributed by atoms with Crippen molar-refractivity contribution >= 4 is 51.0 Å². The lowest BCUT2D eigenvalue weighted by molar-refractivity contribution is -0.274. The maximum absolute atomic E-state index is 12.6. The normalized spacial score (nSPS) is 14.2. The number of rotatable bonds is 5. The van der Waals surface area contributed by atoms with E-state index in [9.17, 15) is 22.8 Å². The number of hydrogen-bond acceptors (Lipinski definition) is 9. The number of anilines is 3. The van der Waals surface area contributed by atoms with Crippen molar-refractivity contribution in [2.24, 2.45) is 0 Å². The lowest BCUT2D eigenvalue weighted by atomic mass is 10.2. The van der Waals surface area contributed by atoms with Gasteiger partial charge in [-0.25, -0.2) is 14.6 Å². The molecule has 1 fully saturated rings. The summed E-state index contributed by atoms with van der Waals surface area (Å²) in [5, 5.41) is 4.87. The number of urea groups is 1. The number of alkyl halides is 3. The third-order valence-corrected chi connectivity index (χ3v) is 6.00. The van der Waals surface area contributed by atoms with Crippen LogP contribution in [0, 0.1) is 0 Å². The number of fused-ring (bicyclic) bond motifs is 1. The molecule has 1 saturated heterocycles. The summed E-state index contributed by atoms with van der Waals surface area (Å²) in [6, 6.07) is 4.48. The molecular weight excluding hydrogens is 489 g/mol. The van der Waals surface area contributed by atoms with Gasteiger partial charge in [-0.2, -0.15) is 4.98 Å². The number of ether oxygens (including phenoxy) is 2. The predicted molar refractivity (Wildman–Crippen MR) is 124 cm³/mol. The highest BCUT2D eigenvalue weighted by molar-refractivity contribution is 7.17. The summed E-state index contributed by atoms with van der Waals surface area (Å²) in [6.07, 6.45) is -4.79. The maximum Gasteiger partial charge on any atom is 0.573 e. The van der Waals surface area contributed by atoms with Crippen molar-refractivity contribution in [2.45, 2.75) is 13.3 Å². The van der Waals surface area contributed by atoms with Crippen molar-refractivity contribution in [1.29, 1.82) is 0 Å². The molecule has 0 saturated carbocycles. The highest BCUT2D eigenvalue weighted by Gasteiger charge is 2.31. The largest absolute Gasteiger partial charge is 0.573 e. The second kappa shape index (κ2) is 9.82. The summed E-state index contributed by atoms with van der Waals surface area (Å²) in [5.74, 6) is -0.284. The van der Waals surface area contributed by atoms with Gasteiger partial charge < -0.3 is 30.3 Å². The molecule has 0 spiro atoms. The van der Waals surface area contributed by atoms with Crippen molar-refractivity contribution < 1.29 is 32.2 Å². The van der Waals surface area contributed by atoms with E-state index in [1.165, 1.54) is 23.5 Å². The molecular formula is C21H21F3N6O4S. The quantitative estimate of drug-likeness (QED) is 0.498. The Morgan fingerprint density at radius 3 is 2.46 bits per heavy atom. The molecule has 3 N–H and O–H groups in total. The average Bonchev–Trinajstić information content (AvgIpc) is 3.23. The first-order valence-corrected chi connectivity index (χ1v) is 11.4. The molecule has 4 rings (SSSR count). The topological polar surface area (TPSA) is 123 Å². The number of halogens is 3. The maximum atomic E-state index is 12.6. The number of piperazine rings is 1. The lowest BCUT2D eigenvalue weighted by Crippen LogP contribution is -2.50. The number of hydrogen-bond donors (Lipinski definition) is 2. The molecule has 186 valence electrons. The van der Waals surface area contributed by atoms with Gasteiger partial charge in [-0.05, 0) is 31.2 Å². The highest BCUT2D eigenvalue weighted by atomic mass is 32.1. The second-order valence-corrected chi connectivity index (χ2v) is 8.29. The molecule has 1 aliphatic rings. The van der Waals surface area contributed by atoms with Crippen molar-refractivity contribution in [3.8, 4) is 5.75 Å². The fourth-order valence-electron chi connectivity index (χ4n) is 3.59. The minimum atomic E-state index is -4.79. The minimum absolute atomic E-state index is 0.0721. The lowest BCUT2D eigenvalue weighted by Gasteiger charge is -2.35. The Kier molecular flexibility index (Phi) is 6.82. The van der Waals surface area contributed by atoms with E-state index in [4.69, 9.17) is 10.5 Å². The van der Waals surface area contributed by atoms with E-state index in [2.05, 4.69) is 20.0 Å². The van der Waals surface area contributed by atoms with Crippen molar-refractivity contribution in [2.75, 3.05) is 48.7 Å². The molecule has 1 aromatic carbocycles. The second-order valence-electron chi connectivity index (χ2n) is 7.43. The average molecular weight is 510 g/mol. The third kappa shape index (κ3) is 5.65. The van der Waals surface area contributed by atoms with Crippen LogP contribution in [0.2, 0.25) is 0 Å². The summed E-state index contributed by atoms with van der Waals surface area (Å²) in [6.45, 7) is 3.45. The van der Waals surface area contributed by atoms with E-state index >= 15 is 0 Å². The number of carbonyl (C=O) groups is 2. The van der Waals surface area contributed by atoms with Gasteiger partial charge in [-0.15, -0.1) is 24.5 Å². The number of nitrogens with two attached hydrogens (primary N) is 1. The van der Waals surface area contributed by atoms with E-state index in [1.807, 2.05) is 4.90 Å². The molecule has 0 atom stereocenters. The smallest absolute Gasteiger partial charge is 0.462 e. The van der Waals surface area contributed by atoms with Gasteiger partial charge in [0.25, 0.3) is 0 Å². The van der Waals surface area contributed by atoms with E-state index in [-0.39, 0.29) is 18.3 Å². The molecule has 0 bridgehead atoms. The van der Waals surface area contributed by atoms with E-state index in [1.54, 1.807) is 17.2 Å². The SMILES string of the molecule is CCOC(=O)c1csc2nc(N)nc(N3CCN(C(=O)Nc4ccc(OC(F)(F)F)cc4)CC3)c12. The predicted octanol–water partition coefficient (Wildman–Crippen LogP) is 3.70. The van der Waals surface area contributed by atoms with Crippen LogP contribution in [-0.2, 0) is 4.74 Å². The first kappa shape index (κ1) is 24.3. The monoisotopic (exact) mass is 510 g/mol. The Balaban J connectivity index is 1.43. The van der Waals surface area contributed by atoms with E-state index < -0.39 is 18.4 Å². The number of amides is 2. The van der Waals surface area contributed by atoms with Crippen LogP contribution in [0.1, 0.15) is 17.3 Å². The van der Waals surface area contributed by atoms with Crippen LogP contribution in [0.4, 0.5) is 35.4 Å². The van der Waals surface area contributed by atoms with Crippen molar-refractivity contribution in [3.05, 3.63) is 35.2 Å². The fraction of sp³-hybridized carbons (Fsp3) is 0.333. The summed E-state index contributed by atoms with van der Waals surface area (Å²) in [4.78, 5) is 37.7. The zero-order valence-corrected chi connectivity index (χ0v) is 19.3. The molecule has 0 aliphatic carbocycles. The number of carbonyl (C=O) groups excluding carboxylic acids is 2. The Bertz CT molecular complexity index is 1230. The Labute approximate surface area is 201 Å². The van der Waals surface area contributed by atoms with Gasteiger partial charge in [-0.3, -0.25) is 0 Å². The minimum Gasteiger partial charge on any atom is -0.462 e. The summed E-state index contributed by atoms with van der Waals surface area (Å²) < 4.78 is 45.9. The molecule has 3 aromatic rings. The number of aromatic nitrogens is 2. The van der Waals surface area contributed by atoms with Gasteiger partial charge in [0.15, 0.2) is 0 Å². The number of benzene rings is 1. The molecule has 0 radical (unpaired) electrons.